The van der Waals surface area contributed by atoms with Crippen LogP contribution in [0.1, 0.15) is 32.6 Å². The first-order valence-electron chi connectivity index (χ1n) is 7.13. The first-order chi connectivity index (χ1) is 9.70. The van der Waals surface area contributed by atoms with Crippen molar-refractivity contribution >= 4 is 11.9 Å². The number of hydrogen-bond donors (Lipinski definition) is 2. The molecule has 20 heavy (non-hydrogen) atoms. The van der Waals surface area contributed by atoms with Crippen molar-refractivity contribution in [1.82, 2.24) is 9.97 Å². The van der Waals surface area contributed by atoms with Crippen LogP contribution in [0.2, 0.25) is 0 Å². The van der Waals surface area contributed by atoms with E-state index in [4.69, 9.17) is 9.84 Å². The summed E-state index contributed by atoms with van der Waals surface area (Å²) in [5.74, 6) is 0.244. The number of anilines is 1. The van der Waals surface area contributed by atoms with Gasteiger partial charge in [0.25, 0.3) is 0 Å². The second-order valence-electron chi connectivity index (χ2n) is 5.08. The van der Waals surface area contributed by atoms with E-state index in [0.29, 0.717) is 25.0 Å². The van der Waals surface area contributed by atoms with Crippen molar-refractivity contribution in [2.24, 2.45) is 11.8 Å². The molecule has 6 nitrogen and oxygen atoms in total. The van der Waals surface area contributed by atoms with Crippen molar-refractivity contribution < 1.29 is 14.6 Å². The first-order valence-corrected chi connectivity index (χ1v) is 7.13. The van der Waals surface area contributed by atoms with E-state index in [-0.39, 0.29) is 11.8 Å². The summed E-state index contributed by atoms with van der Waals surface area (Å²) in [6.07, 6.45) is 5.25. The highest BCUT2D eigenvalue weighted by Crippen LogP contribution is 2.31. The number of hydrogen-bond acceptors (Lipinski definition) is 5. The molecule has 0 radical (unpaired) electrons. The predicted octanol–water partition coefficient (Wildman–Crippen LogP) is 2.18. The van der Waals surface area contributed by atoms with Gasteiger partial charge in [0, 0.05) is 18.8 Å². The van der Waals surface area contributed by atoms with Gasteiger partial charge in [-0.25, -0.2) is 4.98 Å². The van der Waals surface area contributed by atoms with Crippen LogP contribution in [0.4, 0.5) is 5.95 Å². The smallest absolute Gasteiger partial charge is 0.306 e. The topological polar surface area (TPSA) is 84.3 Å². The first kappa shape index (κ1) is 14.6. The molecule has 0 bridgehead atoms. The van der Waals surface area contributed by atoms with Crippen molar-refractivity contribution in [2.75, 3.05) is 18.5 Å². The molecule has 0 spiro atoms. The van der Waals surface area contributed by atoms with Crippen molar-refractivity contribution in [3.05, 3.63) is 12.3 Å². The average molecular weight is 279 g/mol. The van der Waals surface area contributed by atoms with E-state index in [1.165, 1.54) is 0 Å². The Morgan fingerprint density at radius 3 is 3.15 bits per heavy atom. The van der Waals surface area contributed by atoms with Crippen LogP contribution in [0.3, 0.4) is 0 Å². The Morgan fingerprint density at radius 1 is 1.55 bits per heavy atom. The summed E-state index contributed by atoms with van der Waals surface area (Å²) in [5, 5.41) is 12.3. The highest BCUT2D eigenvalue weighted by molar-refractivity contribution is 5.70. The molecule has 1 aliphatic carbocycles. The Morgan fingerprint density at radius 2 is 2.40 bits per heavy atom. The third kappa shape index (κ3) is 3.82. The van der Waals surface area contributed by atoms with Gasteiger partial charge in [-0.15, -0.1) is 0 Å². The molecular formula is C14H21N3O3. The molecule has 0 amide bonds. The lowest BCUT2D eigenvalue weighted by molar-refractivity contribution is -0.142. The third-order valence-electron chi connectivity index (χ3n) is 3.58. The van der Waals surface area contributed by atoms with Gasteiger partial charge in [0.2, 0.25) is 11.8 Å². The highest BCUT2D eigenvalue weighted by atomic mass is 16.5. The van der Waals surface area contributed by atoms with E-state index in [9.17, 15) is 4.79 Å². The number of aliphatic carboxylic acids is 1. The van der Waals surface area contributed by atoms with Crippen LogP contribution >= 0.6 is 0 Å². The maximum absolute atomic E-state index is 11.1. The molecule has 1 aromatic heterocycles. The quantitative estimate of drug-likeness (QED) is 0.795. The lowest BCUT2D eigenvalue weighted by atomic mass is 9.96. The minimum Gasteiger partial charge on any atom is -0.481 e. The van der Waals surface area contributed by atoms with Gasteiger partial charge >= 0.3 is 5.97 Å². The summed E-state index contributed by atoms with van der Waals surface area (Å²) in [7, 11) is 0. The fourth-order valence-electron chi connectivity index (χ4n) is 2.54. The number of nitrogens with zero attached hydrogens (tertiary/aromatic N) is 2. The number of aromatic nitrogens is 2. The Kier molecular flexibility index (Phi) is 5.15. The van der Waals surface area contributed by atoms with E-state index in [1.807, 2.05) is 6.92 Å². The average Bonchev–Trinajstić information content (AvgIpc) is 2.92. The summed E-state index contributed by atoms with van der Waals surface area (Å²) in [4.78, 5) is 19.5. The number of carbonyl (C=O) groups is 1. The van der Waals surface area contributed by atoms with Gasteiger partial charge in [0.1, 0.15) is 0 Å². The molecule has 1 fully saturated rings. The zero-order chi connectivity index (χ0) is 14.4. The molecule has 6 heteroatoms. The molecule has 0 aromatic carbocycles. The molecule has 0 aliphatic heterocycles. The standard InChI is InChI=1S/C14H21N3O3/c1-2-8-20-12-6-7-15-14(17-12)16-9-10-4-3-5-11(10)13(18)19/h6-7,10-11H,2-5,8-9H2,1H3,(H,18,19)(H,15,16,17). The van der Waals surface area contributed by atoms with Gasteiger partial charge in [-0.1, -0.05) is 13.3 Å². The fourth-order valence-corrected chi connectivity index (χ4v) is 2.54. The molecule has 2 atom stereocenters. The molecule has 2 rings (SSSR count). The predicted molar refractivity (Wildman–Crippen MR) is 74.8 cm³/mol. The Balaban J connectivity index is 1.88. The van der Waals surface area contributed by atoms with Gasteiger partial charge in [0.15, 0.2) is 0 Å². The van der Waals surface area contributed by atoms with E-state index in [2.05, 4.69) is 15.3 Å². The summed E-state index contributed by atoms with van der Waals surface area (Å²) >= 11 is 0. The van der Waals surface area contributed by atoms with Crippen LogP contribution in [0.15, 0.2) is 12.3 Å². The molecule has 1 aromatic rings. The van der Waals surface area contributed by atoms with Crippen molar-refractivity contribution in [3.63, 3.8) is 0 Å². The molecule has 110 valence electrons. The lowest BCUT2D eigenvalue weighted by Crippen LogP contribution is -2.25. The van der Waals surface area contributed by atoms with E-state index in [1.54, 1.807) is 12.3 Å². The van der Waals surface area contributed by atoms with Crippen molar-refractivity contribution in [1.29, 1.82) is 0 Å². The maximum atomic E-state index is 11.1. The number of ether oxygens (including phenoxy) is 1. The maximum Gasteiger partial charge on any atom is 0.306 e. The highest BCUT2D eigenvalue weighted by Gasteiger charge is 2.32. The van der Waals surface area contributed by atoms with Gasteiger partial charge in [-0.3, -0.25) is 4.79 Å². The molecule has 2 N–H and O–H groups in total. The monoisotopic (exact) mass is 279 g/mol. The van der Waals surface area contributed by atoms with Crippen LogP contribution in [0.5, 0.6) is 5.88 Å². The molecule has 2 unspecified atom stereocenters. The van der Waals surface area contributed by atoms with Gasteiger partial charge < -0.3 is 15.2 Å². The van der Waals surface area contributed by atoms with E-state index >= 15 is 0 Å². The Bertz CT molecular complexity index is 453. The number of carboxylic acids is 1. The molecule has 1 aliphatic rings. The van der Waals surface area contributed by atoms with Crippen LogP contribution in [-0.2, 0) is 4.79 Å². The van der Waals surface area contributed by atoms with E-state index in [0.717, 1.165) is 25.7 Å². The van der Waals surface area contributed by atoms with Crippen LogP contribution in [0, 0.1) is 11.8 Å². The van der Waals surface area contributed by atoms with Crippen LogP contribution in [-0.4, -0.2) is 34.2 Å². The van der Waals surface area contributed by atoms with Crippen molar-refractivity contribution in [2.45, 2.75) is 32.6 Å². The summed E-state index contributed by atoms with van der Waals surface area (Å²) in [6.45, 7) is 3.25. The Hall–Kier alpha value is -1.85. The molecule has 1 heterocycles. The molecular weight excluding hydrogens is 258 g/mol. The second-order valence-corrected chi connectivity index (χ2v) is 5.08. The number of carboxylic acid groups (broad SMARTS) is 1. The molecule has 1 saturated carbocycles. The summed E-state index contributed by atoms with van der Waals surface area (Å²) in [5.41, 5.74) is 0. The van der Waals surface area contributed by atoms with Crippen LogP contribution in [0.25, 0.3) is 0 Å². The Labute approximate surface area is 118 Å². The lowest BCUT2D eigenvalue weighted by Gasteiger charge is -2.16. The number of rotatable bonds is 7. The minimum absolute atomic E-state index is 0.149. The van der Waals surface area contributed by atoms with Gasteiger partial charge in [-0.05, 0) is 25.2 Å². The summed E-state index contributed by atoms with van der Waals surface area (Å²) < 4.78 is 5.44. The fraction of sp³-hybridized carbons (Fsp3) is 0.643. The van der Waals surface area contributed by atoms with E-state index < -0.39 is 5.97 Å². The van der Waals surface area contributed by atoms with Crippen molar-refractivity contribution in [3.8, 4) is 5.88 Å². The SMILES string of the molecule is CCCOc1ccnc(NCC2CCCC2C(=O)O)n1. The zero-order valence-electron chi connectivity index (χ0n) is 11.7. The van der Waals surface area contributed by atoms with Gasteiger partial charge in [0.05, 0.1) is 12.5 Å². The number of nitrogens with one attached hydrogen (secondary N) is 1. The second kappa shape index (κ2) is 7.07. The molecule has 0 saturated heterocycles. The minimum atomic E-state index is -0.699. The van der Waals surface area contributed by atoms with Gasteiger partial charge in [-0.2, -0.15) is 4.98 Å². The summed E-state index contributed by atoms with van der Waals surface area (Å²) in [6, 6.07) is 1.72. The third-order valence-corrected chi connectivity index (χ3v) is 3.58. The zero-order valence-corrected chi connectivity index (χ0v) is 11.7. The normalized spacial score (nSPS) is 21.6. The largest absolute Gasteiger partial charge is 0.481 e. The van der Waals surface area contributed by atoms with Crippen LogP contribution < -0.4 is 10.1 Å².